The Hall–Kier alpha value is -2.44. The van der Waals surface area contributed by atoms with Gasteiger partial charge < -0.3 is 8.94 Å². The maximum Gasteiger partial charge on any atom is 0.227 e. The van der Waals surface area contributed by atoms with Gasteiger partial charge in [-0.05, 0) is 12.1 Å². The standard InChI is InChI=1S/C13H13FN4O2/c14-5-6-18-9-10(8-15-18)13-16-12(20-17-13)4-3-11-2-1-7-19-11/h1-2,7-9H,3-6H2. The van der Waals surface area contributed by atoms with Gasteiger partial charge in [-0.1, -0.05) is 5.16 Å². The molecule has 0 amide bonds. The highest BCUT2D eigenvalue weighted by atomic mass is 19.1. The molecule has 20 heavy (non-hydrogen) atoms. The average Bonchev–Trinajstić information content (AvgIpc) is 3.18. The van der Waals surface area contributed by atoms with Crippen molar-refractivity contribution >= 4 is 0 Å². The Morgan fingerprint density at radius 2 is 2.25 bits per heavy atom. The summed E-state index contributed by atoms with van der Waals surface area (Å²) < 4.78 is 24.1. The average molecular weight is 276 g/mol. The molecule has 6 nitrogen and oxygen atoms in total. The monoisotopic (exact) mass is 276 g/mol. The molecule has 0 radical (unpaired) electrons. The molecule has 0 N–H and O–H groups in total. The zero-order valence-electron chi connectivity index (χ0n) is 10.7. The van der Waals surface area contributed by atoms with Crippen LogP contribution < -0.4 is 0 Å². The number of rotatable bonds is 6. The van der Waals surface area contributed by atoms with Crippen LogP contribution in [0.15, 0.2) is 39.7 Å². The van der Waals surface area contributed by atoms with Crippen LogP contribution in [-0.2, 0) is 19.4 Å². The van der Waals surface area contributed by atoms with Crippen LogP contribution in [0, 0.1) is 0 Å². The number of halogens is 1. The van der Waals surface area contributed by atoms with Crippen molar-refractivity contribution in [2.24, 2.45) is 0 Å². The van der Waals surface area contributed by atoms with E-state index in [0.717, 1.165) is 5.76 Å². The van der Waals surface area contributed by atoms with E-state index in [1.807, 2.05) is 12.1 Å². The summed E-state index contributed by atoms with van der Waals surface area (Å²) in [6.45, 7) is -0.231. The number of aromatic nitrogens is 4. The lowest BCUT2D eigenvalue weighted by atomic mass is 10.2. The minimum absolute atomic E-state index is 0.225. The molecular weight excluding hydrogens is 263 g/mol. The molecule has 0 aromatic carbocycles. The Kier molecular flexibility index (Phi) is 3.58. The Labute approximate surface area is 114 Å². The highest BCUT2D eigenvalue weighted by molar-refractivity contribution is 5.51. The Morgan fingerprint density at radius 3 is 3.05 bits per heavy atom. The second kappa shape index (κ2) is 5.68. The van der Waals surface area contributed by atoms with E-state index in [-0.39, 0.29) is 6.54 Å². The van der Waals surface area contributed by atoms with Crippen molar-refractivity contribution in [1.29, 1.82) is 0 Å². The molecule has 0 atom stereocenters. The van der Waals surface area contributed by atoms with Gasteiger partial charge in [0, 0.05) is 19.0 Å². The summed E-state index contributed by atoms with van der Waals surface area (Å²) in [4.78, 5) is 4.29. The summed E-state index contributed by atoms with van der Waals surface area (Å²) in [7, 11) is 0. The van der Waals surface area contributed by atoms with E-state index in [4.69, 9.17) is 8.94 Å². The van der Waals surface area contributed by atoms with E-state index < -0.39 is 6.67 Å². The van der Waals surface area contributed by atoms with Crippen molar-refractivity contribution in [3.05, 3.63) is 42.4 Å². The molecule has 0 aliphatic carbocycles. The zero-order chi connectivity index (χ0) is 13.8. The molecule has 104 valence electrons. The SMILES string of the molecule is FCCn1cc(-c2noc(CCc3ccco3)n2)cn1. The Bertz CT molecular complexity index is 660. The number of hydrogen-bond acceptors (Lipinski definition) is 5. The van der Waals surface area contributed by atoms with Crippen molar-refractivity contribution in [2.75, 3.05) is 6.67 Å². The summed E-state index contributed by atoms with van der Waals surface area (Å²) in [6, 6.07) is 3.74. The molecule has 3 rings (SSSR count). The van der Waals surface area contributed by atoms with Gasteiger partial charge in [-0.25, -0.2) is 4.39 Å². The number of furan rings is 1. The molecule has 3 aromatic rings. The van der Waals surface area contributed by atoms with Crippen LogP contribution in [0.5, 0.6) is 0 Å². The predicted molar refractivity (Wildman–Crippen MR) is 67.6 cm³/mol. The first kappa shape index (κ1) is 12.6. The van der Waals surface area contributed by atoms with Crippen LogP contribution in [-0.4, -0.2) is 26.6 Å². The lowest BCUT2D eigenvalue weighted by Crippen LogP contribution is -1.98. The van der Waals surface area contributed by atoms with E-state index >= 15 is 0 Å². The largest absolute Gasteiger partial charge is 0.469 e. The second-order valence-corrected chi connectivity index (χ2v) is 4.27. The summed E-state index contributed by atoms with van der Waals surface area (Å²) >= 11 is 0. The highest BCUT2D eigenvalue weighted by Crippen LogP contribution is 2.15. The number of nitrogens with zero attached hydrogens (tertiary/aromatic N) is 4. The lowest BCUT2D eigenvalue weighted by molar-refractivity contribution is 0.374. The van der Waals surface area contributed by atoms with Crippen molar-refractivity contribution in [1.82, 2.24) is 19.9 Å². The summed E-state index contributed by atoms with van der Waals surface area (Å²) in [5.41, 5.74) is 0.714. The minimum Gasteiger partial charge on any atom is -0.469 e. The quantitative estimate of drug-likeness (QED) is 0.690. The third-order valence-corrected chi connectivity index (χ3v) is 2.84. The predicted octanol–water partition coefficient (Wildman–Crippen LogP) is 2.28. The van der Waals surface area contributed by atoms with E-state index in [0.29, 0.717) is 30.1 Å². The molecule has 0 aliphatic heterocycles. The van der Waals surface area contributed by atoms with Crippen molar-refractivity contribution < 1.29 is 13.3 Å². The topological polar surface area (TPSA) is 69.9 Å². The van der Waals surface area contributed by atoms with Gasteiger partial charge in [0.25, 0.3) is 0 Å². The molecule has 0 saturated heterocycles. The fourth-order valence-corrected chi connectivity index (χ4v) is 1.85. The van der Waals surface area contributed by atoms with Crippen LogP contribution in [0.25, 0.3) is 11.4 Å². The maximum atomic E-state index is 12.2. The van der Waals surface area contributed by atoms with Gasteiger partial charge >= 0.3 is 0 Å². The summed E-state index contributed by atoms with van der Waals surface area (Å²) in [5, 5.41) is 7.91. The molecule has 0 spiro atoms. The van der Waals surface area contributed by atoms with Crippen LogP contribution in [0.1, 0.15) is 11.7 Å². The van der Waals surface area contributed by atoms with Gasteiger partial charge in [-0.3, -0.25) is 4.68 Å². The molecule has 0 bridgehead atoms. The van der Waals surface area contributed by atoms with E-state index in [1.165, 1.54) is 4.68 Å². The molecule has 3 aromatic heterocycles. The van der Waals surface area contributed by atoms with Crippen LogP contribution in [0.3, 0.4) is 0 Å². The van der Waals surface area contributed by atoms with Gasteiger partial charge in [0.1, 0.15) is 12.4 Å². The molecule has 7 heteroatoms. The number of alkyl halides is 1. The van der Waals surface area contributed by atoms with Gasteiger partial charge in [-0.2, -0.15) is 10.1 Å². The van der Waals surface area contributed by atoms with Gasteiger partial charge in [-0.15, -0.1) is 0 Å². The Morgan fingerprint density at radius 1 is 1.30 bits per heavy atom. The molecular formula is C13H13FN4O2. The smallest absolute Gasteiger partial charge is 0.227 e. The molecule has 0 unspecified atom stereocenters. The van der Waals surface area contributed by atoms with Crippen LogP contribution >= 0.6 is 0 Å². The van der Waals surface area contributed by atoms with E-state index in [1.54, 1.807) is 18.7 Å². The van der Waals surface area contributed by atoms with Crippen molar-refractivity contribution in [3.63, 3.8) is 0 Å². The zero-order valence-corrected chi connectivity index (χ0v) is 10.7. The van der Waals surface area contributed by atoms with Crippen LogP contribution in [0.4, 0.5) is 4.39 Å². The molecule has 0 aliphatic rings. The first-order valence-corrected chi connectivity index (χ1v) is 6.29. The third-order valence-electron chi connectivity index (χ3n) is 2.84. The molecule has 0 saturated carbocycles. The molecule has 0 fully saturated rings. The number of aryl methyl sites for hydroxylation is 3. The number of hydrogen-bond donors (Lipinski definition) is 0. The maximum absolute atomic E-state index is 12.2. The normalized spacial score (nSPS) is 11.1. The Balaban J connectivity index is 1.66. The van der Waals surface area contributed by atoms with Crippen molar-refractivity contribution in [3.8, 4) is 11.4 Å². The molecule has 3 heterocycles. The lowest BCUT2D eigenvalue weighted by Gasteiger charge is -1.92. The fraction of sp³-hybridized carbons (Fsp3) is 0.308. The van der Waals surface area contributed by atoms with E-state index in [2.05, 4.69) is 15.2 Å². The van der Waals surface area contributed by atoms with Gasteiger partial charge in [0.15, 0.2) is 0 Å². The van der Waals surface area contributed by atoms with Crippen molar-refractivity contribution in [2.45, 2.75) is 19.4 Å². The van der Waals surface area contributed by atoms with Crippen LogP contribution in [0.2, 0.25) is 0 Å². The fourth-order valence-electron chi connectivity index (χ4n) is 1.85. The summed E-state index contributed by atoms with van der Waals surface area (Å²) in [6.07, 6.45) is 6.24. The minimum atomic E-state index is -0.457. The highest BCUT2D eigenvalue weighted by Gasteiger charge is 2.11. The van der Waals surface area contributed by atoms with Gasteiger partial charge in [0.05, 0.1) is 24.6 Å². The van der Waals surface area contributed by atoms with Gasteiger partial charge in [0.2, 0.25) is 11.7 Å². The first-order chi connectivity index (χ1) is 9.85. The summed E-state index contributed by atoms with van der Waals surface area (Å²) in [5.74, 6) is 1.87. The van der Waals surface area contributed by atoms with E-state index in [9.17, 15) is 4.39 Å². The third kappa shape index (κ3) is 2.76. The first-order valence-electron chi connectivity index (χ1n) is 6.29. The second-order valence-electron chi connectivity index (χ2n) is 4.27.